The number of ether oxygens (including phenoxy) is 3. The number of benzene rings is 3. The van der Waals surface area contributed by atoms with Gasteiger partial charge in [0, 0.05) is 11.3 Å². The second-order valence-corrected chi connectivity index (χ2v) is 7.93. The zero-order valence-corrected chi connectivity index (χ0v) is 19.2. The molecule has 3 aromatic carbocycles. The van der Waals surface area contributed by atoms with Crippen LogP contribution in [-0.2, 0) is 13.0 Å². The number of rotatable bonds is 11. The third kappa shape index (κ3) is 5.46. The number of methoxy groups -OCH3 is 2. The highest BCUT2D eigenvalue weighted by atomic mass is 16.5. The molecule has 6 nitrogen and oxygen atoms in total. The molecule has 3 aromatic rings. The number of nitrogens with zero attached hydrogens (tertiary/aromatic N) is 1. The Morgan fingerprint density at radius 1 is 0.909 bits per heavy atom. The van der Waals surface area contributed by atoms with Crippen LogP contribution in [0.4, 0.5) is 5.69 Å². The van der Waals surface area contributed by atoms with Gasteiger partial charge in [-0.1, -0.05) is 24.3 Å². The minimum Gasteiger partial charge on any atom is -0.494 e. The van der Waals surface area contributed by atoms with Crippen LogP contribution in [0.3, 0.4) is 0 Å². The van der Waals surface area contributed by atoms with E-state index in [0.717, 1.165) is 60.0 Å². The predicted octanol–water partition coefficient (Wildman–Crippen LogP) is 4.47. The Labute approximate surface area is 195 Å². The van der Waals surface area contributed by atoms with Crippen LogP contribution in [0.15, 0.2) is 66.7 Å². The number of hydrogen-bond donors (Lipinski definition) is 1. The molecule has 0 radical (unpaired) electrons. The molecule has 0 saturated heterocycles. The van der Waals surface area contributed by atoms with Gasteiger partial charge in [-0.05, 0) is 79.5 Å². The van der Waals surface area contributed by atoms with E-state index in [1.807, 2.05) is 60.7 Å². The summed E-state index contributed by atoms with van der Waals surface area (Å²) in [6.45, 7) is 3.02. The van der Waals surface area contributed by atoms with Crippen molar-refractivity contribution >= 4 is 11.6 Å². The molecular formula is C27H30N2O4. The Kier molecular flexibility index (Phi) is 7.47. The standard InChI is InChI=1S/C27H30N2O4/c1-31-25-13-8-20(18-26(25)32-2)14-16-28-15-5-17-33-23-11-9-22(10-12-23)29-19-21-6-3-4-7-24(21)27(29)30/h3-4,6-13,18,28H,5,14-17,19H2,1-2H3. The highest BCUT2D eigenvalue weighted by Crippen LogP contribution is 2.29. The van der Waals surface area contributed by atoms with Gasteiger partial charge in [0.1, 0.15) is 5.75 Å². The van der Waals surface area contributed by atoms with Crippen LogP contribution in [0.25, 0.3) is 0 Å². The van der Waals surface area contributed by atoms with Crippen LogP contribution < -0.4 is 24.4 Å². The van der Waals surface area contributed by atoms with Crippen LogP contribution in [0.1, 0.15) is 27.9 Å². The first kappa shape index (κ1) is 22.7. The lowest BCUT2D eigenvalue weighted by Crippen LogP contribution is -2.22. The van der Waals surface area contributed by atoms with E-state index in [-0.39, 0.29) is 5.91 Å². The molecule has 172 valence electrons. The van der Waals surface area contributed by atoms with Crippen molar-refractivity contribution in [3.05, 3.63) is 83.4 Å². The largest absolute Gasteiger partial charge is 0.494 e. The van der Waals surface area contributed by atoms with Gasteiger partial charge in [-0.3, -0.25) is 4.79 Å². The van der Waals surface area contributed by atoms with E-state index >= 15 is 0 Å². The molecular weight excluding hydrogens is 416 g/mol. The van der Waals surface area contributed by atoms with E-state index in [0.29, 0.717) is 13.2 Å². The molecule has 1 heterocycles. The lowest BCUT2D eigenvalue weighted by molar-refractivity contribution is 0.0996. The van der Waals surface area contributed by atoms with Crippen molar-refractivity contribution in [2.45, 2.75) is 19.4 Å². The molecule has 6 heteroatoms. The molecule has 0 aromatic heterocycles. The Hall–Kier alpha value is -3.51. The van der Waals surface area contributed by atoms with Crippen molar-refractivity contribution in [2.24, 2.45) is 0 Å². The molecule has 1 amide bonds. The number of carbonyl (C=O) groups is 1. The van der Waals surface area contributed by atoms with E-state index in [4.69, 9.17) is 14.2 Å². The molecule has 0 atom stereocenters. The third-order valence-electron chi connectivity index (χ3n) is 5.77. The Morgan fingerprint density at radius 2 is 1.70 bits per heavy atom. The van der Waals surface area contributed by atoms with Gasteiger partial charge in [-0.15, -0.1) is 0 Å². The van der Waals surface area contributed by atoms with E-state index in [1.165, 1.54) is 5.56 Å². The SMILES string of the molecule is COc1ccc(CCNCCCOc2ccc(N3Cc4ccccc4C3=O)cc2)cc1OC. The minimum absolute atomic E-state index is 0.0541. The molecule has 0 unspecified atom stereocenters. The van der Waals surface area contributed by atoms with Gasteiger partial charge in [0.2, 0.25) is 0 Å². The number of hydrogen-bond acceptors (Lipinski definition) is 5. The average molecular weight is 447 g/mol. The van der Waals surface area contributed by atoms with E-state index in [9.17, 15) is 4.79 Å². The summed E-state index contributed by atoms with van der Waals surface area (Å²) in [4.78, 5) is 14.4. The summed E-state index contributed by atoms with van der Waals surface area (Å²) in [7, 11) is 3.29. The second kappa shape index (κ2) is 10.9. The molecule has 1 aliphatic heterocycles. The van der Waals surface area contributed by atoms with Gasteiger partial charge in [0.15, 0.2) is 11.5 Å². The molecule has 4 rings (SSSR count). The van der Waals surface area contributed by atoms with Crippen LogP contribution in [0, 0.1) is 0 Å². The lowest BCUT2D eigenvalue weighted by atomic mass is 10.1. The zero-order chi connectivity index (χ0) is 23.0. The number of amides is 1. The summed E-state index contributed by atoms with van der Waals surface area (Å²) in [6.07, 6.45) is 1.83. The number of carbonyl (C=O) groups excluding carboxylic acids is 1. The summed E-state index contributed by atoms with van der Waals surface area (Å²) in [6, 6.07) is 21.5. The van der Waals surface area contributed by atoms with Crippen molar-refractivity contribution in [3.8, 4) is 17.2 Å². The summed E-state index contributed by atoms with van der Waals surface area (Å²) in [5.41, 5.74) is 3.95. The first-order valence-electron chi connectivity index (χ1n) is 11.2. The monoisotopic (exact) mass is 446 g/mol. The summed E-state index contributed by atoms with van der Waals surface area (Å²) in [5, 5.41) is 3.45. The number of nitrogens with one attached hydrogen (secondary N) is 1. The van der Waals surface area contributed by atoms with Gasteiger partial charge < -0.3 is 24.4 Å². The highest BCUT2D eigenvalue weighted by molar-refractivity contribution is 6.09. The fraction of sp³-hybridized carbons (Fsp3) is 0.296. The smallest absolute Gasteiger partial charge is 0.258 e. The minimum atomic E-state index is 0.0541. The summed E-state index contributed by atoms with van der Waals surface area (Å²) < 4.78 is 16.5. The van der Waals surface area contributed by atoms with Gasteiger partial charge in [0.05, 0.1) is 27.4 Å². The van der Waals surface area contributed by atoms with Gasteiger partial charge in [0.25, 0.3) is 5.91 Å². The van der Waals surface area contributed by atoms with E-state index in [1.54, 1.807) is 19.1 Å². The quantitative estimate of drug-likeness (QED) is 0.441. The molecule has 0 spiro atoms. The molecule has 0 bridgehead atoms. The Bertz CT molecular complexity index is 1080. The first-order valence-corrected chi connectivity index (χ1v) is 11.2. The van der Waals surface area contributed by atoms with Gasteiger partial charge in [-0.25, -0.2) is 0 Å². The topological polar surface area (TPSA) is 60.0 Å². The van der Waals surface area contributed by atoms with E-state index < -0.39 is 0 Å². The fourth-order valence-electron chi connectivity index (χ4n) is 3.97. The third-order valence-corrected chi connectivity index (χ3v) is 5.77. The van der Waals surface area contributed by atoms with Crippen LogP contribution in [0.2, 0.25) is 0 Å². The number of anilines is 1. The fourth-order valence-corrected chi connectivity index (χ4v) is 3.97. The molecule has 0 fully saturated rings. The van der Waals surface area contributed by atoms with Crippen LogP contribution in [0.5, 0.6) is 17.2 Å². The highest BCUT2D eigenvalue weighted by Gasteiger charge is 2.27. The second-order valence-electron chi connectivity index (χ2n) is 7.93. The predicted molar refractivity (Wildman–Crippen MR) is 130 cm³/mol. The maximum absolute atomic E-state index is 12.6. The molecule has 1 aliphatic rings. The van der Waals surface area contributed by atoms with Gasteiger partial charge >= 0.3 is 0 Å². The van der Waals surface area contributed by atoms with Crippen molar-refractivity contribution in [1.29, 1.82) is 0 Å². The maximum atomic E-state index is 12.6. The lowest BCUT2D eigenvalue weighted by Gasteiger charge is -2.16. The van der Waals surface area contributed by atoms with Crippen molar-refractivity contribution in [2.75, 3.05) is 38.8 Å². The summed E-state index contributed by atoms with van der Waals surface area (Å²) in [5.74, 6) is 2.37. The molecule has 0 saturated carbocycles. The molecule has 33 heavy (non-hydrogen) atoms. The van der Waals surface area contributed by atoms with Crippen molar-refractivity contribution in [1.82, 2.24) is 5.32 Å². The summed E-state index contributed by atoms with van der Waals surface area (Å²) >= 11 is 0. The first-order chi connectivity index (χ1) is 16.2. The normalized spacial score (nSPS) is 12.5. The van der Waals surface area contributed by atoms with Crippen LogP contribution in [-0.4, -0.2) is 39.8 Å². The Morgan fingerprint density at radius 3 is 2.45 bits per heavy atom. The maximum Gasteiger partial charge on any atom is 0.258 e. The van der Waals surface area contributed by atoms with Gasteiger partial charge in [-0.2, -0.15) is 0 Å². The Balaban J connectivity index is 1.15. The van der Waals surface area contributed by atoms with Crippen LogP contribution >= 0.6 is 0 Å². The van der Waals surface area contributed by atoms with E-state index in [2.05, 4.69) is 11.4 Å². The van der Waals surface area contributed by atoms with Crippen molar-refractivity contribution < 1.29 is 19.0 Å². The zero-order valence-electron chi connectivity index (χ0n) is 19.2. The molecule has 1 N–H and O–H groups in total. The number of fused-ring (bicyclic) bond motifs is 1. The van der Waals surface area contributed by atoms with Crippen molar-refractivity contribution in [3.63, 3.8) is 0 Å². The molecule has 0 aliphatic carbocycles. The average Bonchev–Trinajstić information content (AvgIpc) is 3.20.